The van der Waals surface area contributed by atoms with Gasteiger partial charge in [0.2, 0.25) is 6.08 Å². The first-order valence-corrected chi connectivity index (χ1v) is 4.32. The molecule has 1 heterocycles. The van der Waals surface area contributed by atoms with Gasteiger partial charge >= 0.3 is 0 Å². The van der Waals surface area contributed by atoms with Crippen LogP contribution in [0.15, 0.2) is 17.3 Å². The van der Waals surface area contributed by atoms with Crippen LogP contribution in [0.2, 0.25) is 0 Å². The lowest BCUT2D eigenvalue weighted by Gasteiger charge is -2.03. The molecule has 0 amide bonds. The second-order valence-electron chi connectivity index (χ2n) is 2.88. The smallest absolute Gasteiger partial charge is 0.240 e. The number of hydrogen-bond acceptors (Lipinski definition) is 3. The van der Waals surface area contributed by atoms with Crippen molar-refractivity contribution < 1.29 is 4.79 Å². The molecule has 0 fully saturated rings. The summed E-state index contributed by atoms with van der Waals surface area (Å²) in [6.07, 6.45) is 5.15. The molecule has 1 aromatic heterocycles. The molecule has 3 heteroatoms. The first-order valence-electron chi connectivity index (χ1n) is 4.32. The summed E-state index contributed by atoms with van der Waals surface area (Å²) in [6, 6.07) is 1.84. The molecule has 0 unspecified atom stereocenters. The molecule has 0 saturated heterocycles. The van der Waals surface area contributed by atoms with Gasteiger partial charge in [-0.2, -0.15) is 4.99 Å². The van der Waals surface area contributed by atoms with E-state index in [1.807, 2.05) is 13.0 Å². The average Bonchev–Trinajstić information content (AvgIpc) is 2.11. The van der Waals surface area contributed by atoms with Crippen LogP contribution in [0.3, 0.4) is 0 Å². The zero-order valence-corrected chi connectivity index (χ0v) is 7.87. The van der Waals surface area contributed by atoms with Crippen LogP contribution in [0.5, 0.6) is 0 Å². The Morgan fingerprint density at radius 2 is 2.38 bits per heavy atom. The first kappa shape index (κ1) is 9.62. The summed E-state index contributed by atoms with van der Waals surface area (Å²) in [6.45, 7) is 3.98. The van der Waals surface area contributed by atoms with Gasteiger partial charge in [-0.25, -0.2) is 4.79 Å². The third-order valence-corrected chi connectivity index (χ3v) is 1.85. The number of isocyanates is 1. The number of carbonyl (C=O) groups excluding carboxylic acids is 1. The first-order chi connectivity index (χ1) is 6.29. The zero-order valence-electron chi connectivity index (χ0n) is 7.87. The molecule has 0 aliphatic heterocycles. The number of aliphatic imine (C=N–C) groups is 1. The van der Waals surface area contributed by atoms with Crippen LogP contribution >= 0.6 is 0 Å². The van der Waals surface area contributed by atoms with Crippen molar-refractivity contribution in [3.05, 3.63) is 23.5 Å². The number of aryl methyl sites for hydroxylation is 2. The lowest BCUT2D eigenvalue weighted by atomic mass is 10.1. The van der Waals surface area contributed by atoms with Crippen molar-refractivity contribution in [1.82, 2.24) is 4.98 Å². The minimum atomic E-state index is 0.680. The quantitative estimate of drug-likeness (QED) is 0.524. The second kappa shape index (κ2) is 4.53. The van der Waals surface area contributed by atoms with Crippen molar-refractivity contribution in [3.8, 4) is 0 Å². The van der Waals surface area contributed by atoms with Gasteiger partial charge in [0.05, 0.1) is 5.69 Å². The van der Waals surface area contributed by atoms with Crippen molar-refractivity contribution in [2.45, 2.75) is 26.7 Å². The van der Waals surface area contributed by atoms with Gasteiger partial charge < -0.3 is 0 Å². The molecule has 0 radical (unpaired) electrons. The maximum Gasteiger partial charge on any atom is 0.240 e. The number of hydrogen-bond donors (Lipinski definition) is 0. The molecule has 0 bridgehead atoms. The Morgan fingerprint density at radius 3 is 3.00 bits per heavy atom. The molecular formula is C10H12N2O. The fourth-order valence-corrected chi connectivity index (χ4v) is 1.22. The minimum Gasteiger partial charge on any atom is -0.259 e. The van der Waals surface area contributed by atoms with E-state index in [1.54, 1.807) is 12.3 Å². The molecule has 0 aliphatic rings. The molecule has 1 aromatic rings. The van der Waals surface area contributed by atoms with Crippen LogP contribution in [0, 0.1) is 6.92 Å². The molecule has 0 aliphatic carbocycles. The number of rotatable bonds is 3. The Bertz CT molecular complexity index is 341. The number of pyridine rings is 1. The highest BCUT2D eigenvalue weighted by Crippen LogP contribution is 2.22. The highest BCUT2D eigenvalue weighted by molar-refractivity contribution is 5.55. The summed E-state index contributed by atoms with van der Waals surface area (Å²) in [5.74, 6) is 0. The molecule has 0 spiro atoms. The molecule has 13 heavy (non-hydrogen) atoms. The van der Waals surface area contributed by atoms with Gasteiger partial charge in [0.15, 0.2) is 0 Å². The molecule has 0 aromatic carbocycles. The molecule has 3 nitrogen and oxygen atoms in total. The maximum atomic E-state index is 10.2. The molecule has 0 saturated carbocycles. The van der Waals surface area contributed by atoms with Crippen molar-refractivity contribution in [3.63, 3.8) is 0 Å². The van der Waals surface area contributed by atoms with Crippen molar-refractivity contribution in [2.75, 3.05) is 0 Å². The van der Waals surface area contributed by atoms with Crippen molar-refractivity contribution in [1.29, 1.82) is 0 Å². The van der Waals surface area contributed by atoms with Crippen molar-refractivity contribution >= 4 is 11.8 Å². The van der Waals surface area contributed by atoms with E-state index < -0.39 is 0 Å². The van der Waals surface area contributed by atoms with E-state index in [9.17, 15) is 4.79 Å². The normalized spacial score (nSPS) is 9.38. The van der Waals surface area contributed by atoms with Gasteiger partial charge in [-0.15, -0.1) is 0 Å². The van der Waals surface area contributed by atoms with E-state index in [2.05, 4.69) is 16.9 Å². The summed E-state index contributed by atoms with van der Waals surface area (Å²) in [5.41, 5.74) is 2.53. The van der Waals surface area contributed by atoms with Gasteiger partial charge in [0.25, 0.3) is 0 Å². The Hall–Kier alpha value is -1.47. The second-order valence-corrected chi connectivity index (χ2v) is 2.88. The molecule has 1 rings (SSSR count). The van der Waals surface area contributed by atoms with Gasteiger partial charge in [-0.3, -0.25) is 4.98 Å². The Kier molecular flexibility index (Phi) is 3.35. The fourth-order valence-electron chi connectivity index (χ4n) is 1.22. The number of aromatic nitrogens is 1. The number of nitrogens with zero attached hydrogens (tertiary/aromatic N) is 2. The average molecular weight is 176 g/mol. The van der Waals surface area contributed by atoms with E-state index in [1.165, 1.54) is 0 Å². The third kappa shape index (κ3) is 2.23. The lowest BCUT2D eigenvalue weighted by molar-refractivity contribution is 0.565. The van der Waals surface area contributed by atoms with E-state index >= 15 is 0 Å². The SMILES string of the molecule is CCCc1nccc(C)c1N=C=O. The lowest BCUT2D eigenvalue weighted by Crippen LogP contribution is -1.91. The van der Waals surface area contributed by atoms with E-state index in [0.29, 0.717) is 5.69 Å². The minimum absolute atomic E-state index is 0.680. The van der Waals surface area contributed by atoms with Gasteiger partial charge in [-0.1, -0.05) is 13.3 Å². The monoisotopic (exact) mass is 176 g/mol. The maximum absolute atomic E-state index is 10.2. The van der Waals surface area contributed by atoms with E-state index in [0.717, 1.165) is 24.1 Å². The molecule has 68 valence electrons. The largest absolute Gasteiger partial charge is 0.259 e. The van der Waals surface area contributed by atoms with Crippen LogP contribution in [0.4, 0.5) is 5.69 Å². The van der Waals surface area contributed by atoms with E-state index in [4.69, 9.17) is 0 Å². The topological polar surface area (TPSA) is 42.3 Å². The van der Waals surface area contributed by atoms with Crippen molar-refractivity contribution in [2.24, 2.45) is 4.99 Å². The van der Waals surface area contributed by atoms with Gasteiger partial charge in [-0.05, 0) is 25.0 Å². The Labute approximate surface area is 77.5 Å². The van der Waals surface area contributed by atoms with Gasteiger partial charge in [0.1, 0.15) is 5.69 Å². The summed E-state index contributed by atoms with van der Waals surface area (Å²) < 4.78 is 0. The molecule has 0 N–H and O–H groups in total. The van der Waals surface area contributed by atoms with Crippen LogP contribution in [-0.2, 0) is 11.2 Å². The summed E-state index contributed by atoms with van der Waals surface area (Å²) in [4.78, 5) is 18.0. The highest BCUT2D eigenvalue weighted by Gasteiger charge is 2.04. The summed E-state index contributed by atoms with van der Waals surface area (Å²) >= 11 is 0. The van der Waals surface area contributed by atoms with Crippen LogP contribution in [0.1, 0.15) is 24.6 Å². The zero-order chi connectivity index (χ0) is 9.68. The van der Waals surface area contributed by atoms with Crippen LogP contribution < -0.4 is 0 Å². The standard InChI is InChI=1S/C10H12N2O/c1-3-4-9-10(12-7-13)8(2)5-6-11-9/h5-6H,3-4H2,1-2H3. The Morgan fingerprint density at radius 1 is 1.62 bits per heavy atom. The predicted molar refractivity (Wildman–Crippen MR) is 50.8 cm³/mol. The summed E-state index contributed by atoms with van der Waals surface area (Å²) in [5, 5.41) is 0. The molecule has 0 atom stereocenters. The Balaban J connectivity index is 3.16. The van der Waals surface area contributed by atoms with Crippen LogP contribution in [-0.4, -0.2) is 11.1 Å². The third-order valence-electron chi connectivity index (χ3n) is 1.85. The fraction of sp³-hybridized carbons (Fsp3) is 0.400. The van der Waals surface area contributed by atoms with E-state index in [-0.39, 0.29) is 0 Å². The van der Waals surface area contributed by atoms with Crippen LogP contribution in [0.25, 0.3) is 0 Å². The molecular weight excluding hydrogens is 164 g/mol. The highest BCUT2D eigenvalue weighted by atomic mass is 16.1. The predicted octanol–water partition coefficient (Wildman–Crippen LogP) is 2.31. The summed E-state index contributed by atoms with van der Waals surface area (Å²) in [7, 11) is 0. The van der Waals surface area contributed by atoms with Gasteiger partial charge in [0, 0.05) is 6.20 Å².